The van der Waals surface area contributed by atoms with Crippen LogP contribution in [0.5, 0.6) is 0 Å². The number of rotatable bonds is 2. The van der Waals surface area contributed by atoms with Gasteiger partial charge in [-0.05, 0) is 31.0 Å². The largest absolute Gasteiger partial charge is 0.307 e. The van der Waals surface area contributed by atoms with Gasteiger partial charge >= 0.3 is 0 Å². The molecule has 3 nitrogen and oxygen atoms in total. The molecule has 0 amide bonds. The summed E-state index contributed by atoms with van der Waals surface area (Å²) in [6, 6.07) is 6.77. The summed E-state index contributed by atoms with van der Waals surface area (Å²) in [6.45, 7) is 0. The van der Waals surface area contributed by atoms with E-state index in [-0.39, 0.29) is 5.56 Å². The minimum atomic E-state index is -0.132. The van der Waals surface area contributed by atoms with E-state index in [0.29, 0.717) is 21.8 Å². The number of nitrogens with one attached hydrogen (secondary N) is 1. The molecular weight excluding hydrogens is 271 g/mol. The van der Waals surface area contributed by atoms with Gasteiger partial charge < -0.3 is 4.98 Å². The number of halogens is 2. The highest BCUT2D eigenvalue weighted by molar-refractivity contribution is 6.42. The van der Waals surface area contributed by atoms with Gasteiger partial charge in [0, 0.05) is 17.5 Å². The van der Waals surface area contributed by atoms with E-state index in [1.807, 2.05) is 0 Å². The first kappa shape index (κ1) is 11.8. The van der Waals surface area contributed by atoms with E-state index < -0.39 is 0 Å². The Labute approximate surface area is 114 Å². The van der Waals surface area contributed by atoms with Crippen molar-refractivity contribution in [1.29, 1.82) is 0 Å². The molecule has 0 spiro atoms. The van der Waals surface area contributed by atoms with E-state index in [1.54, 1.807) is 24.3 Å². The summed E-state index contributed by atoms with van der Waals surface area (Å²) in [5.41, 5.74) is 1.50. The van der Waals surface area contributed by atoms with Crippen LogP contribution in [0.25, 0.3) is 11.4 Å². The fourth-order valence-corrected chi connectivity index (χ4v) is 2.14. The van der Waals surface area contributed by atoms with E-state index in [9.17, 15) is 4.79 Å². The van der Waals surface area contributed by atoms with Gasteiger partial charge in [0.25, 0.3) is 5.56 Å². The number of aromatic amines is 1. The van der Waals surface area contributed by atoms with E-state index in [2.05, 4.69) is 9.97 Å². The van der Waals surface area contributed by atoms with Crippen molar-refractivity contribution in [3.05, 3.63) is 50.4 Å². The Morgan fingerprint density at radius 2 is 1.94 bits per heavy atom. The highest BCUT2D eigenvalue weighted by Gasteiger charge is 2.25. The molecule has 1 N–H and O–H groups in total. The van der Waals surface area contributed by atoms with Gasteiger partial charge in [0.2, 0.25) is 0 Å². The van der Waals surface area contributed by atoms with Crippen molar-refractivity contribution in [3.63, 3.8) is 0 Å². The molecule has 5 heteroatoms. The summed E-state index contributed by atoms with van der Waals surface area (Å²) in [4.78, 5) is 18.8. The number of benzene rings is 1. The lowest BCUT2D eigenvalue weighted by atomic mass is 10.2. The van der Waals surface area contributed by atoms with Crippen LogP contribution in [0, 0.1) is 0 Å². The molecule has 18 heavy (non-hydrogen) atoms. The van der Waals surface area contributed by atoms with Crippen LogP contribution in [0.3, 0.4) is 0 Å². The summed E-state index contributed by atoms with van der Waals surface area (Å²) >= 11 is 11.8. The summed E-state index contributed by atoms with van der Waals surface area (Å²) < 4.78 is 0. The number of nitrogens with zero attached hydrogens (tertiary/aromatic N) is 1. The maximum absolute atomic E-state index is 11.6. The predicted octanol–water partition coefficient (Wildman–Crippen LogP) is 3.62. The van der Waals surface area contributed by atoms with Gasteiger partial charge in [-0.1, -0.05) is 23.2 Å². The molecule has 1 aliphatic carbocycles. The second-order valence-electron chi connectivity index (χ2n) is 4.42. The Morgan fingerprint density at radius 3 is 2.61 bits per heavy atom. The third kappa shape index (κ3) is 2.28. The van der Waals surface area contributed by atoms with E-state index in [0.717, 1.165) is 24.1 Å². The Hall–Kier alpha value is -1.32. The van der Waals surface area contributed by atoms with Crippen molar-refractivity contribution < 1.29 is 0 Å². The van der Waals surface area contributed by atoms with E-state index in [4.69, 9.17) is 23.2 Å². The zero-order valence-electron chi connectivity index (χ0n) is 9.41. The summed E-state index contributed by atoms with van der Waals surface area (Å²) in [5, 5.41) is 0.940. The molecule has 0 atom stereocenters. The molecule has 1 aromatic heterocycles. The van der Waals surface area contributed by atoms with Gasteiger partial charge in [-0.25, -0.2) is 4.98 Å². The molecule has 92 valence electrons. The van der Waals surface area contributed by atoms with E-state index in [1.165, 1.54) is 0 Å². The zero-order valence-corrected chi connectivity index (χ0v) is 10.9. The van der Waals surface area contributed by atoms with E-state index >= 15 is 0 Å². The molecule has 1 saturated carbocycles. The maximum atomic E-state index is 11.6. The highest BCUT2D eigenvalue weighted by atomic mass is 35.5. The van der Waals surface area contributed by atoms with Crippen LogP contribution in [0.1, 0.15) is 24.5 Å². The molecular formula is C13H10Cl2N2O. The van der Waals surface area contributed by atoms with Gasteiger partial charge in [-0.3, -0.25) is 4.79 Å². The number of hydrogen-bond donors (Lipinski definition) is 1. The first-order valence-electron chi connectivity index (χ1n) is 5.70. The fourth-order valence-electron chi connectivity index (χ4n) is 1.84. The molecule has 1 aliphatic rings. The second-order valence-corrected chi connectivity index (χ2v) is 5.24. The molecule has 0 bridgehead atoms. The molecule has 0 radical (unpaired) electrons. The van der Waals surface area contributed by atoms with Gasteiger partial charge in [-0.15, -0.1) is 0 Å². The van der Waals surface area contributed by atoms with Crippen LogP contribution in [-0.4, -0.2) is 9.97 Å². The lowest BCUT2D eigenvalue weighted by Gasteiger charge is -2.04. The third-order valence-corrected chi connectivity index (χ3v) is 3.69. The van der Waals surface area contributed by atoms with Crippen molar-refractivity contribution in [3.8, 4) is 11.4 Å². The van der Waals surface area contributed by atoms with Gasteiger partial charge in [0.05, 0.1) is 15.7 Å². The van der Waals surface area contributed by atoms with Crippen LogP contribution < -0.4 is 5.56 Å². The van der Waals surface area contributed by atoms with Crippen LogP contribution in [0.2, 0.25) is 10.0 Å². The molecule has 2 aromatic rings. The van der Waals surface area contributed by atoms with Crippen molar-refractivity contribution in [2.24, 2.45) is 0 Å². The topological polar surface area (TPSA) is 45.8 Å². The molecule has 1 aromatic carbocycles. The van der Waals surface area contributed by atoms with Crippen LogP contribution in [0.4, 0.5) is 0 Å². The fraction of sp³-hybridized carbons (Fsp3) is 0.231. The minimum Gasteiger partial charge on any atom is -0.307 e. The third-order valence-electron chi connectivity index (χ3n) is 2.95. The molecule has 3 rings (SSSR count). The second kappa shape index (κ2) is 4.41. The quantitative estimate of drug-likeness (QED) is 0.913. The van der Waals surface area contributed by atoms with Crippen molar-refractivity contribution in [2.45, 2.75) is 18.8 Å². The van der Waals surface area contributed by atoms with Crippen molar-refractivity contribution >= 4 is 23.2 Å². The smallest absolute Gasteiger partial charge is 0.251 e. The summed E-state index contributed by atoms with van der Waals surface area (Å²) in [5.74, 6) is 0.983. The highest BCUT2D eigenvalue weighted by Crippen LogP contribution is 2.38. The summed E-state index contributed by atoms with van der Waals surface area (Å²) in [7, 11) is 0. The first-order chi connectivity index (χ1) is 8.63. The number of hydrogen-bond acceptors (Lipinski definition) is 2. The molecule has 0 aliphatic heterocycles. The monoisotopic (exact) mass is 280 g/mol. The van der Waals surface area contributed by atoms with Crippen LogP contribution >= 0.6 is 23.2 Å². The molecule has 1 heterocycles. The standard InChI is InChI=1S/C13H10Cl2N2O/c14-9-4-3-8(5-10(9)15)13-16-11(7-1-2-7)6-12(18)17-13/h3-7H,1-2H2,(H,16,17,18). The average Bonchev–Trinajstić information content (AvgIpc) is 3.16. The maximum Gasteiger partial charge on any atom is 0.251 e. The lowest BCUT2D eigenvalue weighted by Crippen LogP contribution is -2.09. The van der Waals surface area contributed by atoms with Crippen molar-refractivity contribution in [2.75, 3.05) is 0 Å². The number of H-pyrrole nitrogens is 1. The van der Waals surface area contributed by atoms with Crippen molar-refractivity contribution in [1.82, 2.24) is 9.97 Å². The number of aromatic nitrogens is 2. The zero-order chi connectivity index (χ0) is 12.7. The van der Waals surface area contributed by atoms with Gasteiger partial charge in [-0.2, -0.15) is 0 Å². The average molecular weight is 281 g/mol. The molecule has 1 fully saturated rings. The SMILES string of the molecule is O=c1cc(C2CC2)nc(-c2ccc(Cl)c(Cl)c2)[nH]1. The Bertz CT molecular complexity index is 662. The Kier molecular flexibility index (Phi) is 2.88. The Morgan fingerprint density at radius 1 is 1.17 bits per heavy atom. The molecule has 0 saturated heterocycles. The minimum absolute atomic E-state index is 0.132. The van der Waals surface area contributed by atoms with Crippen LogP contribution in [-0.2, 0) is 0 Å². The molecule has 0 unspecified atom stereocenters. The van der Waals surface area contributed by atoms with Gasteiger partial charge in [0.15, 0.2) is 0 Å². The normalized spacial score (nSPS) is 14.8. The Balaban J connectivity index is 2.09. The summed E-state index contributed by atoms with van der Waals surface area (Å²) in [6.07, 6.45) is 2.22. The van der Waals surface area contributed by atoms with Gasteiger partial charge in [0.1, 0.15) is 5.82 Å². The first-order valence-corrected chi connectivity index (χ1v) is 6.46. The predicted molar refractivity (Wildman–Crippen MR) is 72.3 cm³/mol. The lowest BCUT2D eigenvalue weighted by molar-refractivity contribution is 0.977. The van der Waals surface area contributed by atoms with Crippen LogP contribution in [0.15, 0.2) is 29.1 Å².